The summed E-state index contributed by atoms with van der Waals surface area (Å²) in [5.41, 5.74) is 1.59. The van der Waals surface area contributed by atoms with Crippen molar-refractivity contribution in [3.8, 4) is 17.2 Å². The number of rotatable bonds is 13. The second-order valence-electron chi connectivity index (χ2n) is 7.88. The Balaban J connectivity index is 0.00000544. The average Bonchev–Trinajstić information content (AvgIpc) is 2.75. The minimum absolute atomic E-state index is 0. The smallest absolute Gasteiger partial charge is 1.00 e. The summed E-state index contributed by atoms with van der Waals surface area (Å²) in [7, 11) is 0. The number of aliphatic hydroxyl groups excluding tert-OH is 1. The van der Waals surface area contributed by atoms with Crippen LogP contribution in [0.5, 0.6) is 17.2 Å². The first-order chi connectivity index (χ1) is 15.2. The molecular formula is C25H33NaO7. The molecule has 176 valence electrons. The van der Waals surface area contributed by atoms with E-state index in [2.05, 4.69) is 0 Å². The van der Waals surface area contributed by atoms with Gasteiger partial charge in [0.05, 0.1) is 31.3 Å². The minimum atomic E-state index is -0.939. The third kappa shape index (κ3) is 8.66. The van der Waals surface area contributed by atoms with Gasteiger partial charge in [-0.1, -0.05) is 32.4 Å². The van der Waals surface area contributed by atoms with Gasteiger partial charge in [-0.2, -0.15) is 0 Å². The van der Waals surface area contributed by atoms with E-state index in [1.54, 1.807) is 43.3 Å². The number of aromatic hydroxyl groups is 1. The predicted molar refractivity (Wildman–Crippen MR) is 122 cm³/mol. The van der Waals surface area contributed by atoms with Crippen molar-refractivity contribution in [1.82, 2.24) is 0 Å². The number of carbonyl (C=O) groups excluding carboxylic acids is 1. The Morgan fingerprint density at radius 1 is 1.06 bits per heavy atom. The molecule has 2 aromatic rings. The molecule has 0 aliphatic heterocycles. The van der Waals surface area contributed by atoms with Crippen molar-refractivity contribution in [3.63, 3.8) is 0 Å². The van der Waals surface area contributed by atoms with Crippen LogP contribution >= 0.6 is 0 Å². The van der Waals surface area contributed by atoms with Crippen LogP contribution in [0, 0.1) is 5.92 Å². The summed E-state index contributed by atoms with van der Waals surface area (Å²) in [6, 6.07) is 10.2. The van der Waals surface area contributed by atoms with Crippen LogP contribution < -0.4 is 39.0 Å². The van der Waals surface area contributed by atoms with Gasteiger partial charge in [-0.15, -0.1) is 0 Å². The summed E-state index contributed by atoms with van der Waals surface area (Å²) >= 11 is 0. The fourth-order valence-electron chi connectivity index (χ4n) is 3.44. The molecule has 0 bridgehead atoms. The molecule has 33 heavy (non-hydrogen) atoms. The molecular weight excluding hydrogens is 435 g/mol. The molecule has 0 aromatic heterocycles. The second-order valence-corrected chi connectivity index (χ2v) is 7.88. The van der Waals surface area contributed by atoms with Crippen molar-refractivity contribution < 1.29 is 65.4 Å². The fraction of sp³-hybridized carbons (Fsp3) is 0.440. The molecule has 7 nitrogen and oxygen atoms in total. The number of hydrogen-bond acceptors (Lipinski definition) is 6. The molecule has 0 amide bonds. The van der Waals surface area contributed by atoms with E-state index in [9.17, 15) is 19.8 Å². The molecule has 3 N–H and O–H groups in total. The number of Topliss-reactive ketones (excluding diaryl/α,β-unsaturated/α-hetero) is 1. The number of aliphatic carboxylic acids is 1. The summed E-state index contributed by atoms with van der Waals surface area (Å²) in [4.78, 5) is 22.5. The molecule has 2 atom stereocenters. The van der Waals surface area contributed by atoms with Crippen LogP contribution in [0.4, 0.5) is 0 Å². The number of carboxylic acids is 1. The molecule has 0 saturated carbocycles. The molecule has 0 heterocycles. The van der Waals surface area contributed by atoms with Crippen LogP contribution in [0.3, 0.4) is 0 Å². The molecule has 0 spiro atoms. The van der Waals surface area contributed by atoms with Crippen molar-refractivity contribution >= 4 is 11.8 Å². The van der Waals surface area contributed by atoms with Crippen molar-refractivity contribution in [2.24, 2.45) is 5.92 Å². The first kappa shape index (κ1) is 29.0. The maximum Gasteiger partial charge on any atom is 1.00 e. The standard InChI is InChI=1S/C25H32O7.Na.H/c1-4-6-21-22(12-11-20(17(3)26)25(21)30)32-14-5-13-31-19-9-7-18(8-10-19)24(29)16(2)15-23(27)28;;/h7-12,16,24,29-30H,4-6,13-15H2,1-3H3,(H,27,28);;/q;+1;-1. The van der Waals surface area contributed by atoms with Gasteiger partial charge in [0.2, 0.25) is 0 Å². The van der Waals surface area contributed by atoms with Gasteiger partial charge in [-0.25, -0.2) is 0 Å². The maximum atomic E-state index is 11.6. The number of aliphatic hydroxyl groups is 1. The SMILES string of the molecule is CCCc1c(OCCCOc2ccc(C(O)C(C)CC(=O)O)cc2)ccc(C(C)=O)c1O.[H-].[Na+]. The first-order valence-corrected chi connectivity index (χ1v) is 10.9. The van der Waals surface area contributed by atoms with Crippen LogP contribution in [-0.4, -0.2) is 40.3 Å². The molecule has 8 heteroatoms. The van der Waals surface area contributed by atoms with E-state index < -0.39 is 18.0 Å². The van der Waals surface area contributed by atoms with Gasteiger partial charge in [0.15, 0.2) is 5.78 Å². The van der Waals surface area contributed by atoms with E-state index in [4.69, 9.17) is 14.6 Å². The second kappa shape index (κ2) is 14.3. The monoisotopic (exact) mass is 468 g/mol. The van der Waals surface area contributed by atoms with E-state index in [0.717, 1.165) is 6.42 Å². The van der Waals surface area contributed by atoms with Gasteiger partial charge < -0.3 is 26.2 Å². The van der Waals surface area contributed by atoms with E-state index in [1.807, 2.05) is 6.92 Å². The molecule has 0 saturated heterocycles. The molecule has 0 aliphatic rings. The summed E-state index contributed by atoms with van der Waals surface area (Å²) in [6.07, 6.45) is 1.09. The van der Waals surface area contributed by atoms with E-state index in [1.165, 1.54) is 6.92 Å². The Bertz CT molecular complexity index is 918. The number of phenolic OH excluding ortho intramolecular Hbond substituents is 1. The van der Waals surface area contributed by atoms with Crippen LogP contribution in [0.15, 0.2) is 36.4 Å². The van der Waals surface area contributed by atoms with Crippen LogP contribution in [0.1, 0.15) is 69.0 Å². The predicted octanol–water partition coefficient (Wildman–Crippen LogP) is 1.66. The summed E-state index contributed by atoms with van der Waals surface area (Å²) in [5.74, 6) is -0.309. The third-order valence-electron chi connectivity index (χ3n) is 5.19. The Hall–Kier alpha value is -2.06. The Morgan fingerprint density at radius 3 is 2.27 bits per heavy atom. The van der Waals surface area contributed by atoms with Gasteiger partial charge in [-0.3, -0.25) is 9.59 Å². The number of hydrogen-bond donors (Lipinski definition) is 3. The zero-order chi connectivity index (χ0) is 23.7. The van der Waals surface area contributed by atoms with Crippen molar-refractivity contribution in [1.29, 1.82) is 0 Å². The van der Waals surface area contributed by atoms with Gasteiger partial charge in [0.1, 0.15) is 17.2 Å². The topological polar surface area (TPSA) is 113 Å². The number of carboxylic acid groups (broad SMARTS) is 1. The number of phenols is 1. The van der Waals surface area contributed by atoms with Crippen molar-refractivity contribution in [3.05, 3.63) is 53.1 Å². The van der Waals surface area contributed by atoms with Crippen LogP contribution in [0.2, 0.25) is 0 Å². The molecule has 0 aliphatic carbocycles. The van der Waals surface area contributed by atoms with E-state index in [0.29, 0.717) is 54.2 Å². The average molecular weight is 469 g/mol. The Labute approximate surface area is 218 Å². The van der Waals surface area contributed by atoms with Crippen molar-refractivity contribution in [2.45, 2.75) is 52.6 Å². The number of benzene rings is 2. The quantitative estimate of drug-likeness (QED) is 0.233. The maximum absolute atomic E-state index is 11.6. The largest absolute Gasteiger partial charge is 1.00 e. The van der Waals surface area contributed by atoms with Gasteiger partial charge >= 0.3 is 35.5 Å². The number of ketones is 1. The van der Waals surface area contributed by atoms with E-state index in [-0.39, 0.29) is 48.9 Å². The van der Waals surface area contributed by atoms with Crippen LogP contribution in [-0.2, 0) is 11.2 Å². The molecule has 0 radical (unpaired) electrons. The summed E-state index contributed by atoms with van der Waals surface area (Å²) in [6.45, 7) is 5.92. The summed E-state index contributed by atoms with van der Waals surface area (Å²) in [5, 5.41) is 29.5. The molecule has 2 rings (SSSR count). The van der Waals surface area contributed by atoms with Crippen LogP contribution in [0.25, 0.3) is 0 Å². The Kier molecular flexibility index (Phi) is 12.5. The normalized spacial score (nSPS) is 12.4. The first-order valence-electron chi connectivity index (χ1n) is 10.9. The molecule has 2 aromatic carbocycles. The van der Waals surface area contributed by atoms with Gasteiger partial charge in [0, 0.05) is 12.0 Å². The Morgan fingerprint density at radius 2 is 1.70 bits per heavy atom. The number of ether oxygens (including phenoxy) is 2. The third-order valence-corrected chi connectivity index (χ3v) is 5.19. The van der Waals surface area contributed by atoms with Crippen molar-refractivity contribution in [2.75, 3.05) is 13.2 Å². The zero-order valence-corrected chi connectivity index (χ0v) is 21.8. The van der Waals surface area contributed by atoms with Gasteiger partial charge in [0.25, 0.3) is 0 Å². The summed E-state index contributed by atoms with van der Waals surface area (Å²) < 4.78 is 11.5. The van der Waals surface area contributed by atoms with Gasteiger partial charge in [-0.05, 0) is 49.1 Å². The number of carbonyl (C=O) groups is 2. The minimum Gasteiger partial charge on any atom is -1.00 e. The zero-order valence-electron chi connectivity index (χ0n) is 20.8. The molecule has 0 fully saturated rings. The molecule has 2 unspecified atom stereocenters. The fourth-order valence-corrected chi connectivity index (χ4v) is 3.44. The van der Waals surface area contributed by atoms with E-state index >= 15 is 0 Å².